The van der Waals surface area contributed by atoms with E-state index < -0.39 is 5.82 Å². The van der Waals surface area contributed by atoms with Crippen molar-refractivity contribution in [3.05, 3.63) is 33.0 Å². The molecule has 1 aromatic rings. The van der Waals surface area contributed by atoms with Gasteiger partial charge < -0.3 is 4.79 Å². The molecule has 0 bridgehead atoms. The second-order valence-electron chi connectivity index (χ2n) is 2.58. The lowest BCUT2D eigenvalue weighted by molar-refractivity contribution is -0.107. The molecule has 0 amide bonds. The van der Waals surface area contributed by atoms with Gasteiger partial charge in [-0.3, -0.25) is 0 Å². The van der Waals surface area contributed by atoms with E-state index in [0.717, 1.165) is 11.8 Å². The number of aryl methyl sites for hydroxylation is 1. The molecule has 0 aliphatic heterocycles. The third-order valence-corrected chi connectivity index (χ3v) is 2.83. The summed E-state index contributed by atoms with van der Waals surface area (Å²) >= 11 is 8.72. The van der Waals surface area contributed by atoms with E-state index in [0.29, 0.717) is 17.3 Å². The van der Waals surface area contributed by atoms with Crippen LogP contribution in [0.3, 0.4) is 0 Å². The molecule has 0 radical (unpaired) electrons. The van der Waals surface area contributed by atoms with E-state index in [1.165, 1.54) is 6.07 Å². The van der Waals surface area contributed by atoms with Gasteiger partial charge in [0.25, 0.3) is 0 Å². The molecule has 0 aliphatic rings. The summed E-state index contributed by atoms with van der Waals surface area (Å²) in [6.45, 7) is 0. The highest BCUT2D eigenvalue weighted by molar-refractivity contribution is 9.10. The predicted octanol–water partition coefficient (Wildman–Crippen LogP) is 3.37. The zero-order chi connectivity index (χ0) is 9.84. The van der Waals surface area contributed by atoms with Crippen molar-refractivity contribution in [1.29, 1.82) is 0 Å². The number of aldehydes is 1. The monoisotopic (exact) mass is 264 g/mol. The summed E-state index contributed by atoms with van der Waals surface area (Å²) in [7, 11) is 0. The first kappa shape index (κ1) is 10.7. The quantitative estimate of drug-likeness (QED) is 0.605. The first-order chi connectivity index (χ1) is 6.15. The van der Waals surface area contributed by atoms with Crippen molar-refractivity contribution < 1.29 is 9.18 Å². The molecule has 1 aromatic carbocycles. The van der Waals surface area contributed by atoms with Gasteiger partial charge in [0.05, 0.1) is 5.02 Å². The number of halogens is 3. The molecule has 0 aromatic heterocycles. The minimum atomic E-state index is -0.461. The maximum atomic E-state index is 13.0. The van der Waals surface area contributed by atoms with Gasteiger partial charge in [-0.25, -0.2) is 4.39 Å². The summed E-state index contributed by atoms with van der Waals surface area (Å²) in [6.07, 6.45) is 1.74. The zero-order valence-electron chi connectivity index (χ0n) is 6.69. The molecule has 0 N–H and O–H groups in total. The number of carbonyl (C=O) groups excluding carboxylic acids is 1. The van der Waals surface area contributed by atoms with E-state index in [9.17, 15) is 9.18 Å². The number of carbonyl (C=O) groups is 1. The predicted molar refractivity (Wildman–Crippen MR) is 53.5 cm³/mol. The van der Waals surface area contributed by atoms with Crippen LogP contribution in [0.4, 0.5) is 4.39 Å². The van der Waals surface area contributed by atoms with Crippen LogP contribution in [0.2, 0.25) is 5.02 Å². The number of benzene rings is 1. The second kappa shape index (κ2) is 4.72. The Balaban J connectivity index is 2.92. The van der Waals surface area contributed by atoms with E-state index in [4.69, 9.17) is 11.6 Å². The van der Waals surface area contributed by atoms with E-state index in [2.05, 4.69) is 15.9 Å². The largest absolute Gasteiger partial charge is 0.303 e. The van der Waals surface area contributed by atoms with Crippen molar-refractivity contribution >= 4 is 33.8 Å². The Morgan fingerprint density at radius 2 is 2.23 bits per heavy atom. The molecule has 13 heavy (non-hydrogen) atoms. The summed E-state index contributed by atoms with van der Waals surface area (Å²) in [5.41, 5.74) is 0.765. The molecule has 0 atom stereocenters. The lowest BCUT2D eigenvalue weighted by Crippen LogP contribution is -1.89. The SMILES string of the molecule is O=CCCc1cc(F)c(Cl)c(Br)c1. The molecule has 1 rings (SSSR count). The molecular formula is C9H7BrClFO. The molecule has 70 valence electrons. The molecule has 1 nitrogen and oxygen atoms in total. The highest BCUT2D eigenvalue weighted by atomic mass is 79.9. The summed E-state index contributed by atoms with van der Waals surface area (Å²) in [5, 5.41) is 0.0786. The van der Waals surface area contributed by atoms with Crippen LogP contribution in [-0.4, -0.2) is 6.29 Å². The van der Waals surface area contributed by atoms with Gasteiger partial charge in [-0.2, -0.15) is 0 Å². The Kier molecular flexibility index (Phi) is 3.88. The molecule has 4 heteroatoms. The minimum absolute atomic E-state index is 0.0786. The Bertz CT molecular complexity index is 304. The number of hydrogen-bond acceptors (Lipinski definition) is 1. The number of rotatable bonds is 3. The summed E-state index contributed by atoms with van der Waals surface area (Å²) in [6, 6.07) is 3.06. The van der Waals surface area contributed by atoms with E-state index in [1.54, 1.807) is 6.07 Å². The third kappa shape index (κ3) is 2.78. The van der Waals surface area contributed by atoms with Crippen molar-refractivity contribution in [2.45, 2.75) is 12.8 Å². The van der Waals surface area contributed by atoms with Crippen LogP contribution in [0.1, 0.15) is 12.0 Å². The normalized spacial score (nSPS) is 10.1. The van der Waals surface area contributed by atoms with Crippen molar-refractivity contribution in [2.24, 2.45) is 0 Å². The van der Waals surface area contributed by atoms with Crippen LogP contribution in [-0.2, 0) is 11.2 Å². The minimum Gasteiger partial charge on any atom is -0.303 e. The van der Waals surface area contributed by atoms with Crippen molar-refractivity contribution in [1.82, 2.24) is 0 Å². The maximum absolute atomic E-state index is 13.0. The average molecular weight is 266 g/mol. The topological polar surface area (TPSA) is 17.1 Å². The van der Waals surface area contributed by atoms with Gasteiger partial charge in [0.1, 0.15) is 12.1 Å². The fraction of sp³-hybridized carbons (Fsp3) is 0.222. The molecular weight excluding hydrogens is 258 g/mol. The molecule has 0 heterocycles. The molecule has 0 saturated heterocycles. The molecule has 0 fully saturated rings. The van der Waals surface area contributed by atoms with Crippen molar-refractivity contribution in [3.8, 4) is 0 Å². The highest BCUT2D eigenvalue weighted by Gasteiger charge is 2.06. The van der Waals surface area contributed by atoms with Crippen LogP contribution in [0, 0.1) is 5.82 Å². The second-order valence-corrected chi connectivity index (χ2v) is 3.81. The van der Waals surface area contributed by atoms with Crippen LogP contribution < -0.4 is 0 Å². The van der Waals surface area contributed by atoms with Gasteiger partial charge in [-0.1, -0.05) is 11.6 Å². The van der Waals surface area contributed by atoms with Gasteiger partial charge >= 0.3 is 0 Å². The van der Waals surface area contributed by atoms with E-state index >= 15 is 0 Å². The summed E-state index contributed by atoms with van der Waals surface area (Å²) in [4.78, 5) is 10.1. The molecule has 0 spiro atoms. The fourth-order valence-corrected chi connectivity index (χ4v) is 1.57. The first-order valence-electron chi connectivity index (χ1n) is 3.72. The smallest absolute Gasteiger partial charge is 0.143 e. The van der Waals surface area contributed by atoms with Crippen LogP contribution in [0.15, 0.2) is 16.6 Å². The van der Waals surface area contributed by atoms with Crippen LogP contribution in [0.25, 0.3) is 0 Å². The van der Waals surface area contributed by atoms with Crippen LogP contribution >= 0.6 is 27.5 Å². The Morgan fingerprint density at radius 3 is 2.77 bits per heavy atom. The molecule has 0 unspecified atom stereocenters. The highest BCUT2D eigenvalue weighted by Crippen LogP contribution is 2.27. The Hall–Kier alpha value is -0.410. The molecule has 0 saturated carbocycles. The van der Waals surface area contributed by atoms with Gasteiger partial charge in [0.15, 0.2) is 0 Å². The van der Waals surface area contributed by atoms with E-state index in [-0.39, 0.29) is 5.02 Å². The maximum Gasteiger partial charge on any atom is 0.143 e. The lowest BCUT2D eigenvalue weighted by atomic mass is 10.1. The number of hydrogen-bond donors (Lipinski definition) is 0. The van der Waals surface area contributed by atoms with Gasteiger partial charge in [0.2, 0.25) is 0 Å². The van der Waals surface area contributed by atoms with Crippen molar-refractivity contribution in [2.75, 3.05) is 0 Å². The Labute approximate surface area is 89.0 Å². The average Bonchev–Trinajstić information content (AvgIpc) is 2.10. The Morgan fingerprint density at radius 1 is 1.54 bits per heavy atom. The summed E-state index contributed by atoms with van der Waals surface area (Å²) < 4.78 is 13.5. The first-order valence-corrected chi connectivity index (χ1v) is 4.89. The van der Waals surface area contributed by atoms with Gasteiger partial charge in [-0.05, 0) is 40.0 Å². The van der Waals surface area contributed by atoms with Crippen LogP contribution in [0.5, 0.6) is 0 Å². The van der Waals surface area contributed by atoms with Gasteiger partial charge in [-0.15, -0.1) is 0 Å². The molecule has 0 aliphatic carbocycles. The standard InChI is InChI=1S/C9H7BrClFO/c10-7-4-6(2-1-3-13)5-8(12)9(7)11/h3-5H,1-2H2. The van der Waals surface area contributed by atoms with Gasteiger partial charge in [0, 0.05) is 10.9 Å². The lowest BCUT2D eigenvalue weighted by Gasteiger charge is -2.02. The zero-order valence-corrected chi connectivity index (χ0v) is 9.03. The third-order valence-electron chi connectivity index (χ3n) is 1.59. The summed E-state index contributed by atoms with van der Waals surface area (Å²) in [5.74, 6) is -0.461. The van der Waals surface area contributed by atoms with E-state index in [1.807, 2.05) is 0 Å². The fourth-order valence-electron chi connectivity index (χ4n) is 0.978. The van der Waals surface area contributed by atoms with Crippen molar-refractivity contribution in [3.63, 3.8) is 0 Å².